The highest BCUT2D eigenvalue weighted by molar-refractivity contribution is 8.19. The standard InChI is InChI=1S/C5H8S/c1-4-6(3)5-2/h4-5H,1-3H2. The molecule has 0 aliphatic carbocycles. The highest BCUT2D eigenvalue weighted by atomic mass is 32.2. The van der Waals surface area contributed by atoms with Crippen molar-refractivity contribution >= 4 is 16.4 Å². The van der Waals surface area contributed by atoms with Crippen LogP contribution in [0.1, 0.15) is 0 Å². The molecular weight excluding hydrogens is 92.1 g/mol. The first-order valence-electron chi connectivity index (χ1n) is 1.58. The molecule has 0 aliphatic rings. The van der Waals surface area contributed by atoms with Crippen molar-refractivity contribution < 1.29 is 0 Å². The summed E-state index contributed by atoms with van der Waals surface area (Å²) in [5.74, 6) is 3.67. The molecule has 0 amide bonds. The van der Waals surface area contributed by atoms with Gasteiger partial charge in [0.1, 0.15) is 0 Å². The Morgan fingerprint density at radius 3 is 1.50 bits per heavy atom. The fraction of sp³-hybridized carbons (Fsp3) is 0. The molecule has 6 heavy (non-hydrogen) atoms. The molecule has 0 atom stereocenters. The Labute approximate surface area is 41.1 Å². The molecule has 0 aliphatic heterocycles. The van der Waals surface area contributed by atoms with Crippen molar-refractivity contribution in [2.24, 2.45) is 0 Å². The van der Waals surface area contributed by atoms with E-state index in [2.05, 4.69) is 19.0 Å². The van der Waals surface area contributed by atoms with Gasteiger partial charge in [0.25, 0.3) is 0 Å². The number of rotatable bonds is 2. The van der Waals surface area contributed by atoms with Crippen molar-refractivity contribution in [2.45, 2.75) is 0 Å². The van der Waals surface area contributed by atoms with Crippen LogP contribution in [0.5, 0.6) is 0 Å². The van der Waals surface area contributed by atoms with Crippen LogP contribution in [0.2, 0.25) is 0 Å². The van der Waals surface area contributed by atoms with E-state index in [1.165, 1.54) is 0 Å². The topological polar surface area (TPSA) is 0 Å². The van der Waals surface area contributed by atoms with Gasteiger partial charge in [-0.15, -0.1) is 10.5 Å². The zero-order valence-corrected chi connectivity index (χ0v) is 4.50. The van der Waals surface area contributed by atoms with Crippen LogP contribution in [0.3, 0.4) is 0 Å². The SMILES string of the molecule is C=CS(=C)C=C. The average Bonchev–Trinajstić information content (AvgIpc) is 1.65. The third kappa shape index (κ3) is 1.97. The maximum atomic E-state index is 3.67. The second kappa shape index (κ2) is 2.91. The van der Waals surface area contributed by atoms with Gasteiger partial charge in [-0.25, -0.2) is 0 Å². The summed E-state index contributed by atoms with van der Waals surface area (Å²) in [5.41, 5.74) is 0. The van der Waals surface area contributed by atoms with E-state index in [0.29, 0.717) is 0 Å². The average molecular weight is 100 g/mol. The molecule has 1 heteroatoms. The van der Waals surface area contributed by atoms with Crippen molar-refractivity contribution in [3.05, 3.63) is 24.0 Å². The van der Waals surface area contributed by atoms with Crippen LogP contribution in [-0.2, 0) is 0 Å². The summed E-state index contributed by atoms with van der Waals surface area (Å²) >= 11 is 0. The third-order valence-electron chi connectivity index (χ3n) is 0.428. The van der Waals surface area contributed by atoms with Gasteiger partial charge in [0.05, 0.1) is 0 Å². The van der Waals surface area contributed by atoms with Crippen LogP contribution in [0.4, 0.5) is 0 Å². The molecular formula is C5H8S. The second-order valence-corrected chi connectivity index (χ2v) is 2.41. The van der Waals surface area contributed by atoms with Gasteiger partial charge in [-0.05, 0) is 10.8 Å². The summed E-state index contributed by atoms with van der Waals surface area (Å²) in [6.45, 7) is 7.02. The molecule has 0 radical (unpaired) electrons. The summed E-state index contributed by atoms with van der Waals surface area (Å²) < 4.78 is 0. The monoisotopic (exact) mass is 100 g/mol. The van der Waals surface area contributed by atoms with Crippen molar-refractivity contribution in [2.75, 3.05) is 0 Å². The molecule has 0 heterocycles. The molecule has 0 aromatic carbocycles. The molecule has 0 fully saturated rings. The summed E-state index contributed by atoms with van der Waals surface area (Å²) in [5, 5.41) is 3.54. The van der Waals surface area contributed by atoms with Crippen LogP contribution in [-0.4, -0.2) is 5.87 Å². The summed E-state index contributed by atoms with van der Waals surface area (Å²) in [4.78, 5) is 0. The molecule has 0 spiro atoms. The molecule has 0 aromatic heterocycles. The van der Waals surface area contributed by atoms with E-state index in [0.717, 1.165) is 0 Å². The minimum atomic E-state index is -0.00617. The van der Waals surface area contributed by atoms with Gasteiger partial charge < -0.3 is 0 Å². The predicted octanol–water partition coefficient (Wildman–Crippen LogP) is 1.97. The largest absolute Gasteiger partial charge is 0.147 e. The molecule has 0 saturated heterocycles. The molecule has 0 bridgehead atoms. The molecule has 0 nitrogen and oxygen atoms in total. The summed E-state index contributed by atoms with van der Waals surface area (Å²) in [6, 6.07) is 0. The van der Waals surface area contributed by atoms with Crippen LogP contribution < -0.4 is 0 Å². The zero-order valence-electron chi connectivity index (χ0n) is 3.68. The van der Waals surface area contributed by atoms with E-state index in [1.54, 1.807) is 10.8 Å². The predicted molar refractivity (Wildman–Crippen MR) is 35.1 cm³/mol. The molecule has 0 saturated carbocycles. The Morgan fingerprint density at radius 2 is 1.50 bits per heavy atom. The lowest BCUT2D eigenvalue weighted by atomic mass is 11.3. The normalized spacial score (nSPS) is 8.17. The van der Waals surface area contributed by atoms with Crippen LogP contribution >= 0.6 is 10.5 Å². The fourth-order valence-electron chi connectivity index (χ4n) is 0.0680. The van der Waals surface area contributed by atoms with E-state index in [4.69, 9.17) is 0 Å². The van der Waals surface area contributed by atoms with E-state index in [-0.39, 0.29) is 10.5 Å². The van der Waals surface area contributed by atoms with Gasteiger partial charge in [-0.2, -0.15) is 0 Å². The Bertz CT molecular complexity index is 71.9. The van der Waals surface area contributed by atoms with Gasteiger partial charge in [0.15, 0.2) is 0 Å². The Morgan fingerprint density at radius 1 is 1.17 bits per heavy atom. The van der Waals surface area contributed by atoms with Crippen molar-refractivity contribution in [3.8, 4) is 0 Å². The van der Waals surface area contributed by atoms with Crippen LogP contribution in [0, 0.1) is 0 Å². The maximum Gasteiger partial charge on any atom is -0.0386 e. The fourth-order valence-corrected chi connectivity index (χ4v) is 0.204. The first kappa shape index (κ1) is 5.70. The summed E-state index contributed by atoms with van der Waals surface area (Å²) in [6.07, 6.45) is 0. The van der Waals surface area contributed by atoms with E-state index in [1.807, 2.05) is 0 Å². The molecule has 34 valence electrons. The maximum absolute atomic E-state index is 3.67. The molecule has 0 N–H and O–H groups in total. The number of hydrogen-bond acceptors (Lipinski definition) is 0. The van der Waals surface area contributed by atoms with Gasteiger partial charge in [-0.1, -0.05) is 19.0 Å². The van der Waals surface area contributed by atoms with Gasteiger partial charge in [0.2, 0.25) is 0 Å². The Kier molecular flexibility index (Phi) is 2.77. The lowest BCUT2D eigenvalue weighted by Gasteiger charge is -1.80. The zero-order chi connectivity index (χ0) is 4.99. The molecule has 0 unspecified atom stereocenters. The highest BCUT2D eigenvalue weighted by Gasteiger charge is 1.62. The van der Waals surface area contributed by atoms with Crippen LogP contribution in [0.15, 0.2) is 24.0 Å². The van der Waals surface area contributed by atoms with Crippen molar-refractivity contribution in [1.82, 2.24) is 0 Å². The quantitative estimate of drug-likeness (QED) is 0.465. The van der Waals surface area contributed by atoms with Gasteiger partial charge in [-0.3, -0.25) is 0 Å². The van der Waals surface area contributed by atoms with Gasteiger partial charge >= 0.3 is 0 Å². The van der Waals surface area contributed by atoms with Crippen molar-refractivity contribution in [3.63, 3.8) is 0 Å². The first-order valence-corrected chi connectivity index (χ1v) is 3.10. The third-order valence-corrected chi connectivity index (χ3v) is 1.28. The van der Waals surface area contributed by atoms with E-state index >= 15 is 0 Å². The Balaban J connectivity index is 3.52. The lowest BCUT2D eigenvalue weighted by molar-refractivity contribution is 2.57. The molecule has 0 rings (SSSR count). The minimum Gasteiger partial charge on any atom is -0.147 e. The second-order valence-electron chi connectivity index (χ2n) is 0.803. The van der Waals surface area contributed by atoms with Gasteiger partial charge in [0, 0.05) is 0 Å². The van der Waals surface area contributed by atoms with E-state index in [9.17, 15) is 0 Å². The molecule has 0 aromatic rings. The van der Waals surface area contributed by atoms with E-state index < -0.39 is 0 Å². The summed E-state index contributed by atoms with van der Waals surface area (Å²) in [7, 11) is -0.00617. The highest BCUT2D eigenvalue weighted by Crippen LogP contribution is 2.07. The first-order chi connectivity index (χ1) is 2.81. The smallest absolute Gasteiger partial charge is 0.0386 e. The van der Waals surface area contributed by atoms with Crippen molar-refractivity contribution in [1.29, 1.82) is 0 Å². The van der Waals surface area contributed by atoms with Crippen LogP contribution in [0.25, 0.3) is 0 Å². The lowest BCUT2D eigenvalue weighted by Crippen LogP contribution is -1.41. The Hall–Kier alpha value is -0.300. The minimum absolute atomic E-state index is 0.00617. The number of hydrogen-bond donors (Lipinski definition) is 0.